The number of nitrogens with one attached hydrogen (secondary N) is 1. The van der Waals surface area contributed by atoms with Gasteiger partial charge >= 0.3 is 5.97 Å². The van der Waals surface area contributed by atoms with Crippen LogP contribution in [0.15, 0.2) is 17.6 Å². The summed E-state index contributed by atoms with van der Waals surface area (Å²) in [5.74, 6) is -2.41. The standard InChI is InChI=1S/C9H14N4O5S/c1-2-13-4-8(11-5-13)19(17,18)12-6(9(15)16)3-7(10)14/h4-6,12H,2-3H2,1H3,(H2,10,14)(H,15,16). The van der Waals surface area contributed by atoms with Gasteiger partial charge in [0, 0.05) is 12.7 Å². The van der Waals surface area contributed by atoms with Gasteiger partial charge in [0.25, 0.3) is 10.0 Å². The molecule has 1 atom stereocenters. The first-order valence-electron chi connectivity index (χ1n) is 5.31. The largest absolute Gasteiger partial charge is 0.480 e. The molecule has 0 aromatic carbocycles. The SMILES string of the molecule is CCn1cnc(S(=O)(=O)NC(CC(N)=O)C(=O)O)c1. The van der Waals surface area contributed by atoms with Gasteiger partial charge in [0.2, 0.25) is 5.91 Å². The molecule has 0 fully saturated rings. The maximum atomic E-state index is 11.9. The van der Waals surface area contributed by atoms with Crippen molar-refractivity contribution in [3.8, 4) is 0 Å². The van der Waals surface area contributed by atoms with Gasteiger partial charge < -0.3 is 15.4 Å². The third-order valence-electron chi connectivity index (χ3n) is 2.25. The van der Waals surface area contributed by atoms with Crippen molar-refractivity contribution in [2.75, 3.05) is 0 Å². The Labute approximate surface area is 109 Å². The number of nitrogens with two attached hydrogens (primary N) is 1. The number of aromatic nitrogens is 2. The molecule has 1 heterocycles. The van der Waals surface area contributed by atoms with Crippen molar-refractivity contribution in [2.45, 2.75) is 31.0 Å². The zero-order valence-electron chi connectivity index (χ0n) is 10.1. The van der Waals surface area contributed by atoms with Crippen molar-refractivity contribution in [2.24, 2.45) is 5.73 Å². The van der Waals surface area contributed by atoms with Gasteiger partial charge in [0.15, 0.2) is 5.03 Å². The summed E-state index contributed by atoms with van der Waals surface area (Å²) in [5, 5.41) is 8.51. The molecule has 4 N–H and O–H groups in total. The number of aryl methyl sites for hydroxylation is 1. The van der Waals surface area contributed by atoms with E-state index in [1.165, 1.54) is 17.1 Å². The molecule has 19 heavy (non-hydrogen) atoms. The highest BCUT2D eigenvalue weighted by molar-refractivity contribution is 7.89. The highest BCUT2D eigenvalue weighted by Crippen LogP contribution is 2.07. The number of amides is 1. The van der Waals surface area contributed by atoms with Gasteiger partial charge in [0.05, 0.1) is 12.7 Å². The van der Waals surface area contributed by atoms with Crippen LogP contribution in [0.2, 0.25) is 0 Å². The molecule has 1 amide bonds. The number of primary amides is 1. The number of carbonyl (C=O) groups excluding carboxylic acids is 1. The molecular formula is C9H14N4O5S. The Balaban J connectivity index is 2.93. The van der Waals surface area contributed by atoms with E-state index in [1.54, 1.807) is 6.92 Å². The maximum absolute atomic E-state index is 11.9. The molecule has 106 valence electrons. The quantitative estimate of drug-likeness (QED) is 0.558. The summed E-state index contributed by atoms with van der Waals surface area (Å²) in [6, 6.07) is -1.62. The number of hydrogen-bond donors (Lipinski definition) is 3. The van der Waals surface area contributed by atoms with Crippen LogP contribution in [0, 0.1) is 0 Å². The van der Waals surface area contributed by atoms with E-state index in [2.05, 4.69) is 4.98 Å². The van der Waals surface area contributed by atoms with Crippen LogP contribution in [0.1, 0.15) is 13.3 Å². The number of imidazole rings is 1. The predicted molar refractivity (Wildman–Crippen MR) is 63.5 cm³/mol. The van der Waals surface area contributed by atoms with Crippen LogP contribution >= 0.6 is 0 Å². The van der Waals surface area contributed by atoms with E-state index in [9.17, 15) is 18.0 Å². The Hall–Kier alpha value is -1.94. The number of hydrogen-bond acceptors (Lipinski definition) is 5. The smallest absolute Gasteiger partial charge is 0.322 e. The van der Waals surface area contributed by atoms with E-state index >= 15 is 0 Å². The second-order valence-corrected chi connectivity index (χ2v) is 5.39. The van der Waals surface area contributed by atoms with Crippen molar-refractivity contribution in [1.29, 1.82) is 0 Å². The van der Waals surface area contributed by atoms with Gasteiger partial charge in [-0.25, -0.2) is 13.4 Å². The lowest BCUT2D eigenvalue weighted by atomic mass is 10.2. The Morgan fingerprint density at radius 1 is 1.58 bits per heavy atom. The Bertz CT molecular complexity index is 579. The second-order valence-electron chi connectivity index (χ2n) is 3.72. The zero-order chi connectivity index (χ0) is 14.6. The Morgan fingerprint density at radius 3 is 2.63 bits per heavy atom. The Morgan fingerprint density at radius 2 is 2.21 bits per heavy atom. The van der Waals surface area contributed by atoms with Gasteiger partial charge in [-0.2, -0.15) is 4.72 Å². The number of sulfonamides is 1. The van der Waals surface area contributed by atoms with E-state index in [4.69, 9.17) is 10.8 Å². The van der Waals surface area contributed by atoms with Gasteiger partial charge in [-0.1, -0.05) is 0 Å². The highest BCUT2D eigenvalue weighted by atomic mass is 32.2. The lowest BCUT2D eigenvalue weighted by Gasteiger charge is -2.11. The third-order valence-corrected chi connectivity index (χ3v) is 3.61. The minimum Gasteiger partial charge on any atom is -0.480 e. The van der Waals surface area contributed by atoms with E-state index in [-0.39, 0.29) is 5.03 Å². The molecular weight excluding hydrogens is 276 g/mol. The minimum absolute atomic E-state index is 0.315. The Kier molecular flexibility index (Phi) is 4.62. The molecule has 9 nitrogen and oxygen atoms in total. The summed E-state index contributed by atoms with van der Waals surface area (Å²) in [5.41, 5.74) is 4.86. The summed E-state index contributed by atoms with van der Waals surface area (Å²) in [7, 11) is -4.11. The van der Waals surface area contributed by atoms with E-state index in [0.717, 1.165) is 0 Å². The number of carboxylic acids is 1. The normalized spacial score (nSPS) is 13.1. The topological polar surface area (TPSA) is 144 Å². The first kappa shape index (κ1) is 15.1. The summed E-state index contributed by atoms with van der Waals surface area (Å²) in [4.78, 5) is 25.2. The van der Waals surface area contributed by atoms with Crippen molar-refractivity contribution in [3.63, 3.8) is 0 Å². The van der Waals surface area contributed by atoms with Crippen molar-refractivity contribution in [1.82, 2.24) is 14.3 Å². The predicted octanol–water partition coefficient (Wildman–Crippen LogP) is -1.49. The van der Waals surface area contributed by atoms with Crippen LogP contribution in [-0.4, -0.2) is 41.0 Å². The monoisotopic (exact) mass is 290 g/mol. The van der Waals surface area contributed by atoms with Gasteiger partial charge in [-0.05, 0) is 6.92 Å². The minimum atomic E-state index is -4.11. The van der Waals surface area contributed by atoms with Crippen LogP contribution in [0.5, 0.6) is 0 Å². The van der Waals surface area contributed by atoms with E-state index in [1.807, 2.05) is 4.72 Å². The second kappa shape index (κ2) is 5.80. The average molecular weight is 290 g/mol. The molecule has 0 aliphatic heterocycles. The summed E-state index contributed by atoms with van der Waals surface area (Å²) >= 11 is 0. The highest BCUT2D eigenvalue weighted by Gasteiger charge is 2.28. The average Bonchev–Trinajstić information content (AvgIpc) is 2.76. The van der Waals surface area contributed by atoms with Crippen LogP contribution < -0.4 is 10.5 Å². The summed E-state index contributed by atoms with van der Waals surface area (Å²) < 4.78 is 27.1. The molecule has 1 aromatic heterocycles. The molecule has 0 bridgehead atoms. The first-order chi connectivity index (χ1) is 8.76. The van der Waals surface area contributed by atoms with Crippen LogP contribution in [0.3, 0.4) is 0 Å². The van der Waals surface area contributed by atoms with Crippen molar-refractivity contribution in [3.05, 3.63) is 12.5 Å². The number of carboxylic acid groups (broad SMARTS) is 1. The van der Waals surface area contributed by atoms with Gasteiger partial charge in [-0.3, -0.25) is 9.59 Å². The molecule has 0 saturated heterocycles. The maximum Gasteiger partial charge on any atom is 0.322 e. The summed E-state index contributed by atoms with van der Waals surface area (Å²) in [6.07, 6.45) is 1.92. The molecule has 1 unspecified atom stereocenters. The van der Waals surface area contributed by atoms with Crippen molar-refractivity contribution >= 4 is 21.9 Å². The fourth-order valence-electron chi connectivity index (χ4n) is 1.28. The molecule has 0 saturated carbocycles. The summed E-state index contributed by atoms with van der Waals surface area (Å²) in [6.45, 7) is 2.31. The lowest BCUT2D eigenvalue weighted by Crippen LogP contribution is -2.43. The van der Waals surface area contributed by atoms with Gasteiger partial charge in [0.1, 0.15) is 6.04 Å². The molecule has 0 spiro atoms. The van der Waals surface area contributed by atoms with Crippen LogP contribution in [-0.2, 0) is 26.2 Å². The number of rotatable bonds is 7. The van der Waals surface area contributed by atoms with Crippen molar-refractivity contribution < 1.29 is 23.1 Å². The van der Waals surface area contributed by atoms with Crippen LogP contribution in [0.4, 0.5) is 0 Å². The fourth-order valence-corrected chi connectivity index (χ4v) is 2.42. The molecule has 1 rings (SSSR count). The zero-order valence-corrected chi connectivity index (χ0v) is 10.9. The number of nitrogens with zero attached hydrogens (tertiary/aromatic N) is 2. The van der Waals surface area contributed by atoms with Crippen LogP contribution in [0.25, 0.3) is 0 Å². The first-order valence-corrected chi connectivity index (χ1v) is 6.79. The number of aliphatic carboxylic acids is 1. The van der Waals surface area contributed by atoms with E-state index in [0.29, 0.717) is 6.54 Å². The molecule has 0 aliphatic carbocycles. The fraction of sp³-hybridized carbons (Fsp3) is 0.444. The lowest BCUT2D eigenvalue weighted by molar-refractivity contribution is -0.140. The molecule has 1 aromatic rings. The molecule has 0 aliphatic rings. The van der Waals surface area contributed by atoms with E-state index < -0.39 is 34.4 Å². The molecule has 0 radical (unpaired) electrons. The number of carbonyl (C=O) groups is 2. The third kappa shape index (κ3) is 4.03. The van der Waals surface area contributed by atoms with Gasteiger partial charge in [-0.15, -0.1) is 0 Å². The molecule has 10 heteroatoms.